The molecule has 2 aromatic heterocycles. The average Bonchev–Trinajstić information content (AvgIpc) is 3.16. The van der Waals surface area contributed by atoms with E-state index in [1.165, 1.54) is 16.6 Å². The van der Waals surface area contributed by atoms with Gasteiger partial charge in [0.2, 0.25) is 5.91 Å². The summed E-state index contributed by atoms with van der Waals surface area (Å²) in [6, 6.07) is 4.38. The summed E-state index contributed by atoms with van der Waals surface area (Å²) in [5, 5.41) is 2.68. The smallest absolute Gasteiger partial charge is 0.233 e. The Labute approximate surface area is 131 Å². The van der Waals surface area contributed by atoms with Gasteiger partial charge in [0, 0.05) is 23.8 Å². The summed E-state index contributed by atoms with van der Waals surface area (Å²) in [6.45, 7) is 0.831. The molecule has 0 bridgehead atoms. The average molecular weight is 320 g/mol. The normalized spacial score (nSPS) is 18.1. The molecule has 7 heteroatoms. The minimum absolute atomic E-state index is 0.140. The number of nitrogen functional groups attached to an aromatic ring is 1. The molecule has 1 aliphatic heterocycles. The topological polar surface area (TPSA) is 72.1 Å². The van der Waals surface area contributed by atoms with Crippen molar-refractivity contribution in [2.45, 2.75) is 23.9 Å². The first-order valence-electron chi connectivity index (χ1n) is 6.78. The number of nitrogens with two attached hydrogens (primary N) is 1. The van der Waals surface area contributed by atoms with Crippen molar-refractivity contribution in [3.63, 3.8) is 0 Å². The second-order valence-electron chi connectivity index (χ2n) is 4.80. The molecule has 0 aliphatic carbocycles. The van der Waals surface area contributed by atoms with Gasteiger partial charge in [-0.05, 0) is 24.3 Å². The second-order valence-corrected chi connectivity index (χ2v) is 6.74. The SMILES string of the molecule is Nc1nccnc1SCC(=O)N1CCCC1c1cccs1. The van der Waals surface area contributed by atoms with Gasteiger partial charge in [-0.1, -0.05) is 17.8 Å². The van der Waals surface area contributed by atoms with Gasteiger partial charge in [-0.25, -0.2) is 9.97 Å². The van der Waals surface area contributed by atoms with Gasteiger partial charge in [-0.3, -0.25) is 4.79 Å². The second kappa shape index (κ2) is 6.44. The van der Waals surface area contributed by atoms with Crippen molar-refractivity contribution < 1.29 is 4.79 Å². The van der Waals surface area contributed by atoms with Crippen LogP contribution in [0.2, 0.25) is 0 Å². The van der Waals surface area contributed by atoms with Gasteiger partial charge < -0.3 is 10.6 Å². The van der Waals surface area contributed by atoms with Crippen LogP contribution in [-0.2, 0) is 4.79 Å². The third kappa shape index (κ3) is 3.19. The highest BCUT2D eigenvalue weighted by atomic mass is 32.2. The Balaban J connectivity index is 1.64. The minimum atomic E-state index is 0.140. The molecular weight excluding hydrogens is 304 g/mol. The number of thioether (sulfide) groups is 1. The molecule has 21 heavy (non-hydrogen) atoms. The Hall–Kier alpha value is -1.60. The Kier molecular flexibility index (Phi) is 4.40. The molecule has 0 radical (unpaired) electrons. The highest BCUT2D eigenvalue weighted by molar-refractivity contribution is 8.00. The number of nitrogens with zero attached hydrogens (tertiary/aromatic N) is 3. The first-order valence-corrected chi connectivity index (χ1v) is 8.64. The number of thiophene rings is 1. The Morgan fingerprint density at radius 3 is 3.10 bits per heavy atom. The van der Waals surface area contributed by atoms with E-state index in [1.807, 2.05) is 11.0 Å². The highest BCUT2D eigenvalue weighted by Crippen LogP contribution is 2.35. The molecule has 1 atom stereocenters. The lowest BCUT2D eigenvalue weighted by molar-refractivity contribution is -0.129. The summed E-state index contributed by atoms with van der Waals surface area (Å²) >= 11 is 3.07. The fraction of sp³-hybridized carbons (Fsp3) is 0.357. The molecular formula is C14H16N4OS2. The molecule has 1 fully saturated rings. The van der Waals surface area contributed by atoms with E-state index in [2.05, 4.69) is 21.4 Å². The number of carbonyl (C=O) groups is 1. The van der Waals surface area contributed by atoms with Crippen molar-refractivity contribution in [1.29, 1.82) is 0 Å². The van der Waals surface area contributed by atoms with Crippen LogP contribution < -0.4 is 5.73 Å². The van der Waals surface area contributed by atoms with E-state index in [0.717, 1.165) is 19.4 Å². The molecule has 1 unspecified atom stereocenters. The third-order valence-electron chi connectivity index (χ3n) is 3.47. The van der Waals surface area contributed by atoms with Gasteiger partial charge in [0.1, 0.15) is 5.03 Å². The highest BCUT2D eigenvalue weighted by Gasteiger charge is 2.30. The molecule has 2 N–H and O–H groups in total. The number of likely N-dealkylation sites (tertiary alicyclic amines) is 1. The number of hydrogen-bond donors (Lipinski definition) is 1. The van der Waals surface area contributed by atoms with Gasteiger partial charge >= 0.3 is 0 Å². The predicted octanol–water partition coefficient (Wildman–Crippen LogP) is 2.58. The minimum Gasteiger partial charge on any atom is -0.381 e. The zero-order valence-corrected chi connectivity index (χ0v) is 13.1. The lowest BCUT2D eigenvalue weighted by Crippen LogP contribution is -2.31. The molecule has 2 aromatic rings. The van der Waals surface area contributed by atoms with Crippen molar-refractivity contribution in [3.05, 3.63) is 34.8 Å². The molecule has 110 valence electrons. The summed E-state index contributed by atoms with van der Waals surface area (Å²) in [4.78, 5) is 23.8. The Morgan fingerprint density at radius 1 is 1.48 bits per heavy atom. The zero-order chi connectivity index (χ0) is 14.7. The Bertz CT molecular complexity index is 617. The first-order chi connectivity index (χ1) is 10.3. The lowest BCUT2D eigenvalue weighted by atomic mass is 10.2. The summed E-state index contributed by atoms with van der Waals surface area (Å²) in [5.41, 5.74) is 5.75. The molecule has 3 heterocycles. The number of anilines is 1. The van der Waals surface area contributed by atoms with Gasteiger partial charge in [0.05, 0.1) is 11.8 Å². The van der Waals surface area contributed by atoms with Crippen molar-refractivity contribution in [3.8, 4) is 0 Å². The summed E-state index contributed by atoms with van der Waals surface area (Å²) in [7, 11) is 0. The van der Waals surface area contributed by atoms with Crippen molar-refractivity contribution in [1.82, 2.24) is 14.9 Å². The maximum Gasteiger partial charge on any atom is 0.233 e. The van der Waals surface area contributed by atoms with E-state index >= 15 is 0 Å². The largest absolute Gasteiger partial charge is 0.381 e. The molecule has 0 saturated carbocycles. The predicted molar refractivity (Wildman–Crippen MR) is 85.2 cm³/mol. The third-order valence-corrected chi connectivity index (χ3v) is 5.42. The standard InChI is InChI=1S/C14H16N4OS2/c15-13-14(17-6-5-16-13)21-9-12(19)18-7-1-3-10(18)11-4-2-8-20-11/h2,4-6,8,10H,1,3,7,9H2,(H2,15,16). The maximum atomic E-state index is 12.5. The van der Waals surface area contributed by atoms with Gasteiger partial charge in [0.25, 0.3) is 0 Å². The summed E-state index contributed by atoms with van der Waals surface area (Å²) in [6.07, 6.45) is 5.25. The number of carbonyl (C=O) groups excluding carboxylic acids is 1. The van der Waals surface area contributed by atoms with E-state index in [0.29, 0.717) is 16.6 Å². The Morgan fingerprint density at radius 2 is 2.33 bits per heavy atom. The van der Waals surface area contributed by atoms with E-state index in [4.69, 9.17) is 5.73 Å². The van der Waals surface area contributed by atoms with E-state index in [9.17, 15) is 4.79 Å². The first kappa shape index (κ1) is 14.3. The molecule has 1 saturated heterocycles. The van der Waals surface area contributed by atoms with Crippen LogP contribution in [0.4, 0.5) is 5.82 Å². The van der Waals surface area contributed by atoms with Crippen molar-refractivity contribution >= 4 is 34.8 Å². The number of aromatic nitrogens is 2. The lowest BCUT2D eigenvalue weighted by Gasteiger charge is -2.23. The van der Waals surface area contributed by atoms with E-state index < -0.39 is 0 Å². The molecule has 3 rings (SSSR count). The molecule has 1 amide bonds. The van der Waals surface area contributed by atoms with Gasteiger partial charge in [-0.15, -0.1) is 11.3 Å². The number of hydrogen-bond acceptors (Lipinski definition) is 6. The van der Waals surface area contributed by atoms with Crippen LogP contribution in [0, 0.1) is 0 Å². The summed E-state index contributed by atoms with van der Waals surface area (Å²) in [5.74, 6) is 0.873. The van der Waals surface area contributed by atoms with Crippen LogP contribution in [0.1, 0.15) is 23.8 Å². The fourth-order valence-electron chi connectivity index (χ4n) is 2.50. The van der Waals surface area contributed by atoms with E-state index in [1.54, 1.807) is 23.7 Å². The molecule has 5 nitrogen and oxygen atoms in total. The van der Waals surface area contributed by atoms with Crippen molar-refractivity contribution in [2.75, 3.05) is 18.0 Å². The molecule has 0 aromatic carbocycles. The fourth-order valence-corrected chi connectivity index (χ4v) is 4.14. The van der Waals surface area contributed by atoms with Crippen LogP contribution in [0.3, 0.4) is 0 Å². The molecule has 1 aliphatic rings. The quantitative estimate of drug-likeness (QED) is 0.877. The van der Waals surface area contributed by atoms with Gasteiger partial charge in [-0.2, -0.15) is 0 Å². The van der Waals surface area contributed by atoms with Crippen LogP contribution >= 0.6 is 23.1 Å². The van der Waals surface area contributed by atoms with Crippen LogP contribution in [0.15, 0.2) is 34.9 Å². The zero-order valence-electron chi connectivity index (χ0n) is 11.4. The van der Waals surface area contributed by atoms with Gasteiger partial charge in [0.15, 0.2) is 5.82 Å². The molecule has 0 spiro atoms. The number of rotatable bonds is 4. The summed E-state index contributed by atoms with van der Waals surface area (Å²) < 4.78 is 0. The van der Waals surface area contributed by atoms with Crippen molar-refractivity contribution in [2.24, 2.45) is 0 Å². The van der Waals surface area contributed by atoms with Crippen LogP contribution in [0.25, 0.3) is 0 Å². The maximum absolute atomic E-state index is 12.5. The monoisotopic (exact) mass is 320 g/mol. The van der Waals surface area contributed by atoms with E-state index in [-0.39, 0.29) is 11.9 Å². The van der Waals surface area contributed by atoms with Crippen LogP contribution in [0.5, 0.6) is 0 Å². The number of amides is 1. The van der Waals surface area contributed by atoms with Crippen LogP contribution in [-0.4, -0.2) is 33.1 Å².